The molecule has 0 saturated carbocycles. The van der Waals surface area contributed by atoms with E-state index in [0.717, 1.165) is 5.56 Å². The lowest BCUT2D eigenvalue weighted by Crippen LogP contribution is -2.62. The lowest BCUT2D eigenvalue weighted by atomic mass is 9.73. The van der Waals surface area contributed by atoms with E-state index in [2.05, 4.69) is 5.32 Å². The highest BCUT2D eigenvalue weighted by Crippen LogP contribution is 2.41. The van der Waals surface area contributed by atoms with Crippen LogP contribution in [0.3, 0.4) is 0 Å². The minimum atomic E-state index is -1.98. The number of carbonyl (C=O) groups is 2. The van der Waals surface area contributed by atoms with Gasteiger partial charge in [0.1, 0.15) is 23.9 Å². The summed E-state index contributed by atoms with van der Waals surface area (Å²) in [7, 11) is 3.09. The van der Waals surface area contributed by atoms with Crippen molar-refractivity contribution in [3.8, 4) is 0 Å². The number of aliphatic hydroxyl groups excluding tert-OH is 4. The molecule has 3 fully saturated rings. The van der Waals surface area contributed by atoms with Gasteiger partial charge < -0.3 is 69.3 Å². The Morgan fingerprint density at radius 1 is 0.902 bits per heavy atom. The van der Waals surface area contributed by atoms with Crippen LogP contribution in [-0.4, -0.2) is 158 Å². The molecular formula is C45H76N2O14. The summed E-state index contributed by atoms with van der Waals surface area (Å²) >= 11 is 0. The van der Waals surface area contributed by atoms with Gasteiger partial charge >= 0.3 is 5.97 Å². The Morgan fingerprint density at radius 3 is 2.15 bits per heavy atom. The topological polar surface area (TPSA) is 226 Å². The number of likely N-dealkylation sites (N-methyl/N-ethyl adjacent to an activating group) is 1. The van der Waals surface area contributed by atoms with E-state index in [1.165, 1.54) is 25.9 Å². The first-order valence-corrected chi connectivity index (χ1v) is 21.9. The lowest BCUT2D eigenvalue weighted by Gasteiger charge is -2.49. The van der Waals surface area contributed by atoms with Crippen molar-refractivity contribution in [1.29, 1.82) is 0 Å². The van der Waals surface area contributed by atoms with Gasteiger partial charge in [-0.2, -0.15) is 0 Å². The van der Waals surface area contributed by atoms with Gasteiger partial charge in [-0.3, -0.25) is 9.59 Å². The van der Waals surface area contributed by atoms with Gasteiger partial charge in [-0.1, -0.05) is 58.0 Å². The predicted molar refractivity (Wildman–Crippen MR) is 224 cm³/mol. The van der Waals surface area contributed by atoms with Crippen LogP contribution in [0.1, 0.15) is 100 Å². The molecule has 3 aliphatic heterocycles. The van der Waals surface area contributed by atoms with Gasteiger partial charge in [0.2, 0.25) is 5.91 Å². The van der Waals surface area contributed by atoms with Crippen LogP contribution in [-0.2, 0) is 44.6 Å². The van der Waals surface area contributed by atoms with E-state index in [1.54, 1.807) is 62.4 Å². The number of nitrogens with one attached hydrogen (secondary N) is 1. The number of nitrogens with zero attached hydrogens (tertiary/aromatic N) is 1. The lowest BCUT2D eigenvalue weighted by molar-refractivity contribution is -0.318. The highest BCUT2D eigenvalue weighted by Gasteiger charge is 2.53. The van der Waals surface area contributed by atoms with Crippen molar-refractivity contribution in [1.82, 2.24) is 10.2 Å². The number of hydrogen-bond donors (Lipinski definition) is 7. The molecule has 16 heteroatoms. The fraction of sp³-hybridized carbons (Fsp3) is 0.822. The van der Waals surface area contributed by atoms with Crippen LogP contribution in [0.5, 0.6) is 0 Å². The summed E-state index contributed by atoms with van der Waals surface area (Å²) in [6, 6.07) is 8.92. The third kappa shape index (κ3) is 11.9. The smallest absolute Gasteiger partial charge is 0.311 e. The first-order chi connectivity index (χ1) is 28.4. The molecule has 16 nitrogen and oxygen atoms in total. The van der Waals surface area contributed by atoms with Gasteiger partial charge in [0, 0.05) is 39.0 Å². The number of esters is 1. The van der Waals surface area contributed by atoms with Crippen molar-refractivity contribution in [3.05, 3.63) is 35.9 Å². The number of benzene rings is 1. The Hall–Kier alpha value is -2.32. The molecule has 0 spiro atoms. The summed E-state index contributed by atoms with van der Waals surface area (Å²) in [5.74, 6) is -4.70. The van der Waals surface area contributed by atoms with Gasteiger partial charge in [0.15, 0.2) is 12.6 Å². The molecule has 19 atom stereocenters. The van der Waals surface area contributed by atoms with E-state index >= 15 is 0 Å². The van der Waals surface area contributed by atoms with Gasteiger partial charge in [0.05, 0.1) is 66.3 Å². The molecule has 1 aromatic carbocycles. The number of cyclic esters (lactones) is 1. The minimum Gasteiger partial charge on any atom is -0.459 e. The number of carbonyl (C=O) groups excluding carboxylic acids is 2. The second-order valence-electron chi connectivity index (χ2n) is 18.8. The molecule has 350 valence electrons. The Labute approximate surface area is 362 Å². The van der Waals surface area contributed by atoms with Gasteiger partial charge in [0.25, 0.3) is 0 Å². The summed E-state index contributed by atoms with van der Waals surface area (Å²) in [5.41, 5.74) is -3.89. The predicted octanol–water partition coefficient (Wildman–Crippen LogP) is 2.26. The van der Waals surface area contributed by atoms with Gasteiger partial charge in [-0.15, -0.1) is 0 Å². The Bertz CT molecular complexity index is 1550. The average molecular weight is 869 g/mol. The fourth-order valence-electron chi connectivity index (χ4n) is 9.68. The van der Waals surface area contributed by atoms with Crippen LogP contribution < -0.4 is 5.32 Å². The molecular weight excluding hydrogens is 792 g/mol. The molecule has 0 aromatic heterocycles. The summed E-state index contributed by atoms with van der Waals surface area (Å²) in [4.78, 5) is 29.2. The van der Waals surface area contributed by atoms with Crippen molar-refractivity contribution < 1.29 is 68.6 Å². The van der Waals surface area contributed by atoms with Crippen molar-refractivity contribution >= 4 is 11.9 Å². The molecule has 4 rings (SSSR count). The van der Waals surface area contributed by atoms with Crippen molar-refractivity contribution in [2.75, 3.05) is 20.7 Å². The van der Waals surface area contributed by atoms with E-state index in [9.17, 15) is 40.2 Å². The molecule has 3 saturated heterocycles. The van der Waals surface area contributed by atoms with Gasteiger partial charge in [-0.25, -0.2) is 0 Å². The largest absolute Gasteiger partial charge is 0.459 e. The molecule has 61 heavy (non-hydrogen) atoms. The number of hydrogen-bond acceptors (Lipinski definition) is 15. The van der Waals surface area contributed by atoms with E-state index in [1.807, 2.05) is 30.3 Å². The normalized spacial score (nSPS) is 44.5. The SMILES string of the molecule is CC[C@H]1OC(=O)[C@H](C)[C@@H](O[C@H]2C[C@@](C)(OC)[C@@H](O)[C@H](C)O2)[C@H](C)[C@@H](O[C@H]2O[C@@H](C)C[C@@H](N(C)C(=O)CNCc3ccccc3)[C@@H]2O)[C@](C)(O)C[C@@H](C)[C@H](O)[C@H](C)[C@@H](O)[C@]1(C)O. The molecule has 0 bridgehead atoms. The van der Waals surface area contributed by atoms with Crippen LogP contribution in [0.15, 0.2) is 30.3 Å². The summed E-state index contributed by atoms with van der Waals surface area (Å²) in [6.45, 7) is 16.9. The number of rotatable bonds is 11. The van der Waals surface area contributed by atoms with Crippen LogP contribution >= 0.6 is 0 Å². The summed E-state index contributed by atoms with van der Waals surface area (Å²) in [6.07, 6.45) is -12.1. The van der Waals surface area contributed by atoms with E-state index in [-0.39, 0.29) is 31.7 Å². The molecule has 3 heterocycles. The van der Waals surface area contributed by atoms with Crippen LogP contribution in [0, 0.1) is 23.7 Å². The third-order valence-electron chi connectivity index (χ3n) is 13.7. The zero-order valence-corrected chi connectivity index (χ0v) is 38.3. The Kier molecular flexibility index (Phi) is 17.8. The average Bonchev–Trinajstić information content (AvgIpc) is 3.21. The standard InChI is InChI=1S/C45H76N2O14/c1-13-32-45(10,55)38(51)26(4)35(49)24(2)20-43(8,54)40(27(5)37(28(6)41(53)59-32)60-34-21-44(9,56-12)39(52)29(7)58-34)61-42-36(50)31(19-25(3)57-42)47(11)33(48)23-46-22-30-17-15-14-16-18-30/h14-18,24-29,31-32,34-40,42,46,49-52,54-55H,13,19-23H2,1-12H3/t24-,25+,26+,27+,28-,29+,31-,32-,34+,35+,36+,37+,38-,39+,40-,42-,43-,44-,45-/m1/s1. The van der Waals surface area contributed by atoms with Crippen LogP contribution in [0.25, 0.3) is 0 Å². The first kappa shape index (κ1) is 51.3. The molecule has 0 radical (unpaired) electrons. The Morgan fingerprint density at radius 2 is 1.54 bits per heavy atom. The van der Waals surface area contributed by atoms with Crippen LogP contribution in [0.4, 0.5) is 0 Å². The van der Waals surface area contributed by atoms with Crippen molar-refractivity contribution in [2.45, 2.75) is 192 Å². The molecule has 3 aliphatic rings. The van der Waals surface area contributed by atoms with E-state index < -0.39 is 120 Å². The monoisotopic (exact) mass is 869 g/mol. The molecule has 0 aliphatic carbocycles. The maximum atomic E-state index is 14.3. The second kappa shape index (κ2) is 21.1. The number of ether oxygens (including phenoxy) is 6. The number of amides is 1. The maximum Gasteiger partial charge on any atom is 0.311 e. The third-order valence-corrected chi connectivity index (χ3v) is 13.7. The zero-order chi connectivity index (χ0) is 45.8. The summed E-state index contributed by atoms with van der Waals surface area (Å²) in [5, 5.41) is 73.6. The van der Waals surface area contributed by atoms with E-state index in [4.69, 9.17) is 28.4 Å². The fourth-order valence-corrected chi connectivity index (χ4v) is 9.68. The zero-order valence-electron chi connectivity index (χ0n) is 38.3. The molecule has 1 aromatic rings. The minimum absolute atomic E-state index is 0.0133. The van der Waals surface area contributed by atoms with Crippen molar-refractivity contribution in [2.24, 2.45) is 23.7 Å². The molecule has 7 N–H and O–H groups in total. The second-order valence-corrected chi connectivity index (χ2v) is 18.8. The number of aliphatic hydroxyl groups is 6. The quantitative estimate of drug-likeness (QED) is 0.159. The summed E-state index contributed by atoms with van der Waals surface area (Å²) < 4.78 is 37.5. The molecule has 1 amide bonds. The highest BCUT2D eigenvalue weighted by atomic mass is 16.7. The maximum absolute atomic E-state index is 14.3. The van der Waals surface area contributed by atoms with Crippen molar-refractivity contribution in [3.63, 3.8) is 0 Å². The van der Waals surface area contributed by atoms with Gasteiger partial charge in [-0.05, 0) is 72.3 Å². The van der Waals surface area contributed by atoms with E-state index in [0.29, 0.717) is 13.0 Å². The first-order valence-electron chi connectivity index (χ1n) is 21.9. The van der Waals surface area contributed by atoms with Crippen LogP contribution in [0.2, 0.25) is 0 Å². The Balaban J connectivity index is 1.74. The molecule has 0 unspecified atom stereocenters. The highest BCUT2D eigenvalue weighted by molar-refractivity contribution is 5.78. The number of methoxy groups -OCH3 is 1.